The molecule has 0 aromatic heterocycles. The SMILES string of the molecule is CCOC(=O)c1ccccc1NC(=O)COC(=O)c1ccc([N+](=O)[O-])c(C)c1. The zero-order chi connectivity index (χ0) is 20.7. The van der Waals surface area contributed by atoms with Crippen LogP contribution in [0.4, 0.5) is 11.4 Å². The molecule has 146 valence electrons. The maximum Gasteiger partial charge on any atom is 0.340 e. The monoisotopic (exact) mass is 386 g/mol. The van der Waals surface area contributed by atoms with Crippen molar-refractivity contribution < 1.29 is 28.8 Å². The fourth-order valence-electron chi connectivity index (χ4n) is 2.37. The van der Waals surface area contributed by atoms with Crippen LogP contribution in [0.5, 0.6) is 0 Å². The van der Waals surface area contributed by atoms with Crippen molar-refractivity contribution in [3.63, 3.8) is 0 Å². The minimum Gasteiger partial charge on any atom is -0.462 e. The number of hydrogen-bond acceptors (Lipinski definition) is 7. The number of carbonyl (C=O) groups excluding carboxylic acids is 3. The summed E-state index contributed by atoms with van der Waals surface area (Å²) in [7, 11) is 0. The number of para-hydroxylation sites is 1. The molecule has 0 atom stereocenters. The van der Waals surface area contributed by atoms with Gasteiger partial charge in [-0.3, -0.25) is 14.9 Å². The Labute approximate surface area is 160 Å². The second-order valence-electron chi connectivity index (χ2n) is 5.65. The summed E-state index contributed by atoms with van der Waals surface area (Å²) in [5, 5.41) is 13.3. The van der Waals surface area contributed by atoms with Crippen molar-refractivity contribution in [2.45, 2.75) is 13.8 Å². The summed E-state index contributed by atoms with van der Waals surface area (Å²) in [6.07, 6.45) is 0. The molecule has 0 spiro atoms. The third kappa shape index (κ3) is 5.13. The van der Waals surface area contributed by atoms with Crippen LogP contribution in [0.2, 0.25) is 0 Å². The number of esters is 2. The second kappa shape index (κ2) is 9.26. The Kier molecular flexibility index (Phi) is 6.80. The summed E-state index contributed by atoms with van der Waals surface area (Å²) < 4.78 is 9.85. The van der Waals surface area contributed by atoms with Crippen LogP contribution >= 0.6 is 0 Å². The highest BCUT2D eigenvalue weighted by atomic mass is 16.6. The Morgan fingerprint density at radius 3 is 2.43 bits per heavy atom. The normalized spacial score (nSPS) is 10.1. The fourth-order valence-corrected chi connectivity index (χ4v) is 2.37. The number of carbonyl (C=O) groups is 3. The Hall–Kier alpha value is -3.75. The molecule has 2 rings (SSSR count). The number of benzene rings is 2. The van der Waals surface area contributed by atoms with Gasteiger partial charge in [0.15, 0.2) is 6.61 Å². The van der Waals surface area contributed by atoms with Crippen LogP contribution < -0.4 is 5.32 Å². The van der Waals surface area contributed by atoms with Crippen LogP contribution in [0.1, 0.15) is 33.2 Å². The van der Waals surface area contributed by atoms with Crippen LogP contribution in [0, 0.1) is 17.0 Å². The number of hydrogen-bond donors (Lipinski definition) is 1. The first-order valence-electron chi connectivity index (χ1n) is 8.31. The van der Waals surface area contributed by atoms with Gasteiger partial charge in [0, 0.05) is 11.6 Å². The van der Waals surface area contributed by atoms with E-state index in [4.69, 9.17) is 9.47 Å². The minimum atomic E-state index is -0.799. The molecule has 0 saturated heterocycles. The number of amides is 1. The molecule has 0 aliphatic heterocycles. The largest absolute Gasteiger partial charge is 0.462 e. The molecule has 28 heavy (non-hydrogen) atoms. The van der Waals surface area contributed by atoms with Crippen molar-refractivity contribution in [1.82, 2.24) is 0 Å². The van der Waals surface area contributed by atoms with Crippen LogP contribution in [0.25, 0.3) is 0 Å². The standard InChI is InChI=1S/C19H18N2O7/c1-3-27-19(24)14-6-4-5-7-15(14)20-17(22)11-28-18(23)13-8-9-16(21(25)26)12(2)10-13/h4-10H,3,11H2,1-2H3,(H,20,22). The van der Waals surface area contributed by atoms with E-state index < -0.39 is 29.4 Å². The Morgan fingerprint density at radius 2 is 1.79 bits per heavy atom. The number of nitrogens with zero attached hydrogens (tertiary/aromatic N) is 1. The van der Waals surface area contributed by atoms with Gasteiger partial charge in [-0.15, -0.1) is 0 Å². The first-order chi connectivity index (χ1) is 13.3. The second-order valence-corrected chi connectivity index (χ2v) is 5.65. The number of rotatable bonds is 7. The molecule has 2 aromatic rings. The molecular formula is C19H18N2O7. The van der Waals surface area contributed by atoms with E-state index in [1.54, 1.807) is 19.1 Å². The van der Waals surface area contributed by atoms with Gasteiger partial charge in [-0.25, -0.2) is 9.59 Å². The third-order valence-corrected chi connectivity index (χ3v) is 3.66. The van der Waals surface area contributed by atoms with Gasteiger partial charge in [0.1, 0.15) is 0 Å². The summed E-state index contributed by atoms with van der Waals surface area (Å²) >= 11 is 0. The van der Waals surface area contributed by atoms with Gasteiger partial charge in [-0.1, -0.05) is 12.1 Å². The van der Waals surface area contributed by atoms with Gasteiger partial charge < -0.3 is 14.8 Å². The highest BCUT2D eigenvalue weighted by molar-refractivity contribution is 6.02. The number of nitro benzene ring substituents is 1. The molecule has 0 heterocycles. The molecule has 0 fully saturated rings. The van der Waals surface area contributed by atoms with Gasteiger partial charge in [0.25, 0.3) is 11.6 Å². The predicted octanol–water partition coefficient (Wildman–Crippen LogP) is 2.88. The van der Waals surface area contributed by atoms with Crippen molar-refractivity contribution in [2.75, 3.05) is 18.5 Å². The summed E-state index contributed by atoms with van der Waals surface area (Å²) in [5.74, 6) is -2.03. The zero-order valence-corrected chi connectivity index (χ0v) is 15.3. The van der Waals surface area contributed by atoms with Crippen molar-refractivity contribution in [2.24, 2.45) is 0 Å². The lowest BCUT2D eigenvalue weighted by molar-refractivity contribution is -0.385. The maximum atomic E-state index is 12.1. The number of anilines is 1. The molecule has 0 aliphatic carbocycles. The number of aryl methyl sites for hydroxylation is 1. The lowest BCUT2D eigenvalue weighted by atomic mass is 10.1. The average Bonchev–Trinajstić information content (AvgIpc) is 2.66. The molecule has 0 aliphatic rings. The fraction of sp³-hybridized carbons (Fsp3) is 0.211. The predicted molar refractivity (Wildman–Crippen MR) is 99.1 cm³/mol. The number of nitrogens with one attached hydrogen (secondary N) is 1. The zero-order valence-electron chi connectivity index (χ0n) is 15.3. The number of ether oxygens (including phenoxy) is 2. The molecular weight excluding hydrogens is 368 g/mol. The van der Waals surface area contributed by atoms with E-state index in [9.17, 15) is 24.5 Å². The average molecular weight is 386 g/mol. The topological polar surface area (TPSA) is 125 Å². The van der Waals surface area contributed by atoms with Crippen LogP contribution in [-0.2, 0) is 14.3 Å². The Morgan fingerprint density at radius 1 is 1.07 bits per heavy atom. The van der Waals surface area contributed by atoms with E-state index in [0.29, 0.717) is 5.56 Å². The first-order valence-corrected chi connectivity index (χ1v) is 8.31. The van der Waals surface area contributed by atoms with E-state index in [0.717, 1.165) is 0 Å². The maximum absolute atomic E-state index is 12.1. The lowest BCUT2D eigenvalue weighted by Crippen LogP contribution is -2.22. The summed E-state index contributed by atoms with van der Waals surface area (Å²) in [6, 6.07) is 10.0. The van der Waals surface area contributed by atoms with Crippen LogP contribution in [0.15, 0.2) is 42.5 Å². The molecule has 0 saturated carbocycles. The molecule has 0 unspecified atom stereocenters. The highest BCUT2D eigenvalue weighted by Gasteiger charge is 2.17. The van der Waals surface area contributed by atoms with Crippen LogP contribution in [0.3, 0.4) is 0 Å². The van der Waals surface area contributed by atoms with E-state index in [2.05, 4.69) is 5.32 Å². The molecule has 2 aromatic carbocycles. The van der Waals surface area contributed by atoms with E-state index >= 15 is 0 Å². The first kappa shape index (κ1) is 20.6. The van der Waals surface area contributed by atoms with Crippen molar-refractivity contribution in [3.8, 4) is 0 Å². The molecule has 9 heteroatoms. The van der Waals surface area contributed by atoms with E-state index in [1.165, 1.54) is 37.3 Å². The molecule has 1 N–H and O–H groups in total. The van der Waals surface area contributed by atoms with E-state index in [1.807, 2.05) is 0 Å². The summed E-state index contributed by atoms with van der Waals surface area (Å²) in [5.41, 5.74) is 0.670. The van der Waals surface area contributed by atoms with Crippen molar-refractivity contribution in [3.05, 3.63) is 69.3 Å². The Balaban J connectivity index is 2.00. The molecule has 0 bridgehead atoms. The van der Waals surface area contributed by atoms with Gasteiger partial charge >= 0.3 is 11.9 Å². The van der Waals surface area contributed by atoms with Gasteiger partial charge in [0.05, 0.1) is 28.3 Å². The molecule has 0 radical (unpaired) electrons. The van der Waals surface area contributed by atoms with Crippen LogP contribution in [-0.4, -0.2) is 36.0 Å². The smallest absolute Gasteiger partial charge is 0.340 e. The molecule has 9 nitrogen and oxygen atoms in total. The number of nitro groups is 1. The van der Waals surface area contributed by atoms with Gasteiger partial charge in [-0.2, -0.15) is 0 Å². The van der Waals surface area contributed by atoms with Gasteiger partial charge in [0.2, 0.25) is 0 Å². The Bertz CT molecular complexity index is 924. The van der Waals surface area contributed by atoms with Crippen molar-refractivity contribution >= 4 is 29.2 Å². The summed E-state index contributed by atoms with van der Waals surface area (Å²) in [4.78, 5) is 46.3. The van der Waals surface area contributed by atoms with E-state index in [-0.39, 0.29) is 29.1 Å². The quantitative estimate of drug-likeness (QED) is 0.440. The third-order valence-electron chi connectivity index (χ3n) is 3.66. The highest BCUT2D eigenvalue weighted by Crippen LogP contribution is 2.19. The lowest BCUT2D eigenvalue weighted by Gasteiger charge is -2.10. The minimum absolute atomic E-state index is 0.0859. The summed E-state index contributed by atoms with van der Waals surface area (Å²) in [6.45, 7) is 2.76. The molecule has 1 amide bonds. The van der Waals surface area contributed by atoms with Crippen molar-refractivity contribution in [1.29, 1.82) is 0 Å². The van der Waals surface area contributed by atoms with Gasteiger partial charge in [-0.05, 0) is 38.1 Å².